The highest BCUT2D eigenvalue weighted by molar-refractivity contribution is 5.72. The first-order valence-electron chi connectivity index (χ1n) is 6.86. The van der Waals surface area contributed by atoms with Crippen molar-refractivity contribution in [1.82, 2.24) is 19.8 Å². The maximum atomic E-state index is 11.3. The molecular weight excluding hydrogens is 244 g/mol. The van der Waals surface area contributed by atoms with E-state index in [1.54, 1.807) is 23.9 Å². The third-order valence-corrected chi connectivity index (χ3v) is 3.73. The monoisotopic (exact) mass is 266 g/mol. The minimum Gasteiger partial charge on any atom is -0.356 e. The number of amides is 1. The summed E-state index contributed by atoms with van der Waals surface area (Å²) in [4.78, 5) is 27.2. The third kappa shape index (κ3) is 4.24. The second kappa shape index (κ2) is 6.56. The van der Waals surface area contributed by atoms with Crippen LogP contribution < -0.4 is 11.0 Å². The maximum absolute atomic E-state index is 11.3. The van der Waals surface area contributed by atoms with Crippen molar-refractivity contribution in [1.29, 1.82) is 0 Å². The molecule has 106 valence electrons. The number of carbonyl (C=O) groups excluding carboxylic acids is 1. The van der Waals surface area contributed by atoms with Gasteiger partial charge >= 0.3 is 5.69 Å². The van der Waals surface area contributed by atoms with Crippen molar-refractivity contribution in [3.63, 3.8) is 0 Å². The van der Waals surface area contributed by atoms with Gasteiger partial charge in [-0.1, -0.05) is 0 Å². The fraction of sp³-hybridized carbons (Fsp3) is 0.692. The standard InChI is InChI=1S/C13H22N4O2/c1-11(18)15-10-12-2-5-16(6-3-12)8-9-17-7-4-14-13(17)19/h4,7,12H,2-3,5-6,8-10H2,1H3,(H,14,19)(H,15,18). The summed E-state index contributed by atoms with van der Waals surface area (Å²) in [7, 11) is 0. The number of hydrogen-bond acceptors (Lipinski definition) is 3. The molecule has 0 radical (unpaired) electrons. The highest BCUT2D eigenvalue weighted by Crippen LogP contribution is 2.16. The zero-order valence-corrected chi connectivity index (χ0v) is 11.4. The van der Waals surface area contributed by atoms with Gasteiger partial charge in [-0.25, -0.2) is 4.79 Å². The van der Waals surface area contributed by atoms with E-state index in [1.165, 1.54) is 0 Å². The van der Waals surface area contributed by atoms with Gasteiger partial charge in [-0.3, -0.25) is 9.36 Å². The SMILES string of the molecule is CC(=O)NCC1CCN(CCn2cc[nH]c2=O)CC1. The van der Waals surface area contributed by atoms with Gasteiger partial charge in [-0.05, 0) is 31.8 Å². The first kappa shape index (κ1) is 13.9. The van der Waals surface area contributed by atoms with Crippen molar-refractivity contribution in [3.05, 3.63) is 22.9 Å². The lowest BCUT2D eigenvalue weighted by molar-refractivity contribution is -0.119. The van der Waals surface area contributed by atoms with E-state index in [0.29, 0.717) is 5.92 Å². The van der Waals surface area contributed by atoms with Gasteiger partial charge < -0.3 is 15.2 Å². The molecule has 1 aromatic rings. The number of H-pyrrole nitrogens is 1. The Morgan fingerprint density at radius 2 is 2.16 bits per heavy atom. The molecular formula is C13H22N4O2. The van der Waals surface area contributed by atoms with Crippen molar-refractivity contribution in [3.8, 4) is 0 Å². The molecule has 19 heavy (non-hydrogen) atoms. The highest BCUT2D eigenvalue weighted by Gasteiger charge is 2.19. The number of aromatic nitrogens is 2. The predicted octanol–water partition coefficient (Wildman–Crippen LogP) is 0.0245. The van der Waals surface area contributed by atoms with Crippen LogP contribution in [0, 0.1) is 5.92 Å². The van der Waals surface area contributed by atoms with E-state index in [-0.39, 0.29) is 11.6 Å². The predicted molar refractivity (Wildman–Crippen MR) is 72.9 cm³/mol. The first-order chi connectivity index (χ1) is 9.15. The third-order valence-electron chi connectivity index (χ3n) is 3.73. The summed E-state index contributed by atoms with van der Waals surface area (Å²) in [6.07, 6.45) is 5.68. The van der Waals surface area contributed by atoms with Crippen molar-refractivity contribution < 1.29 is 4.79 Å². The van der Waals surface area contributed by atoms with Crippen molar-refractivity contribution >= 4 is 5.91 Å². The summed E-state index contributed by atoms with van der Waals surface area (Å²) in [6.45, 7) is 6.08. The van der Waals surface area contributed by atoms with Gasteiger partial charge in [0.25, 0.3) is 0 Å². The number of likely N-dealkylation sites (tertiary alicyclic amines) is 1. The molecule has 1 saturated heterocycles. The summed E-state index contributed by atoms with van der Waals surface area (Å²) in [5.74, 6) is 0.643. The van der Waals surface area contributed by atoms with Crippen LogP contribution in [0.15, 0.2) is 17.2 Å². The molecule has 1 aliphatic rings. The Labute approximate surface area is 112 Å². The number of nitrogens with zero attached hydrogens (tertiary/aromatic N) is 2. The number of hydrogen-bond donors (Lipinski definition) is 2. The molecule has 0 aliphatic carbocycles. The Balaban J connectivity index is 1.67. The molecule has 2 N–H and O–H groups in total. The van der Waals surface area contributed by atoms with Gasteiger partial charge in [0.15, 0.2) is 0 Å². The summed E-state index contributed by atoms with van der Waals surface area (Å²) < 4.78 is 1.70. The van der Waals surface area contributed by atoms with Gasteiger partial charge in [0.1, 0.15) is 0 Å². The van der Waals surface area contributed by atoms with E-state index in [9.17, 15) is 9.59 Å². The number of aromatic amines is 1. The van der Waals surface area contributed by atoms with E-state index < -0.39 is 0 Å². The lowest BCUT2D eigenvalue weighted by atomic mass is 9.97. The van der Waals surface area contributed by atoms with Gasteiger partial charge in [-0.2, -0.15) is 0 Å². The Morgan fingerprint density at radius 1 is 1.42 bits per heavy atom. The highest BCUT2D eigenvalue weighted by atomic mass is 16.1. The Hall–Kier alpha value is -1.56. The molecule has 1 aliphatic heterocycles. The van der Waals surface area contributed by atoms with Crippen LogP contribution in [0.1, 0.15) is 19.8 Å². The van der Waals surface area contributed by atoms with Crippen LogP contribution in [0.25, 0.3) is 0 Å². The molecule has 0 aromatic carbocycles. The number of carbonyl (C=O) groups is 1. The molecule has 1 aromatic heterocycles. The van der Waals surface area contributed by atoms with E-state index in [0.717, 1.165) is 45.6 Å². The molecule has 1 amide bonds. The molecule has 0 bridgehead atoms. The average molecular weight is 266 g/mol. The minimum atomic E-state index is -0.0412. The molecule has 0 unspecified atom stereocenters. The molecule has 6 heteroatoms. The molecule has 2 rings (SSSR count). The molecule has 2 heterocycles. The second-order valence-electron chi connectivity index (χ2n) is 5.18. The number of rotatable bonds is 5. The lowest BCUT2D eigenvalue weighted by Gasteiger charge is -2.31. The van der Waals surface area contributed by atoms with Gasteiger partial charge in [-0.15, -0.1) is 0 Å². The van der Waals surface area contributed by atoms with Crippen LogP contribution in [0.4, 0.5) is 0 Å². The largest absolute Gasteiger partial charge is 0.356 e. The Kier molecular flexibility index (Phi) is 4.79. The molecule has 0 spiro atoms. The van der Waals surface area contributed by atoms with Crippen molar-refractivity contribution in [2.45, 2.75) is 26.3 Å². The summed E-state index contributed by atoms with van der Waals surface area (Å²) in [6, 6.07) is 0. The second-order valence-corrected chi connectivity index (χ2v) is 5.18. The normalized spacial score (nSPS) is 17.5. The number of piperidine rings is 1. The maximum Gasteiger partial charge on any atom is 0.325 e. The fourth-order valence-corrected chi connectivity index (χ4v) is 2.48. The molecule has 1 fully saturated rings. The zero-order valence-electron chi connectivity index (χ0n) is 11.4. The first-order valence-corrected chi connectivity index (χ1v) is 6.86. The number of nitrogens with one attached hydrogen (secondary N) is 2. The van der Waals surface area contributed by atoms with Crippen LogP contribution in [0.5, 0.6) is 0 Å². The smallest absolute Gasteiger partial charge is 0.325 e. The summed E-state index contributed by atoms with van der Waals surface area (Å²) in [5, 5.41) is 2.88. The molecule has 0 atom stereocenters. The molecule has 0 saturated carbocycles. The fourth-order valence-electron chi connectivity index (χ4n) is 2.48. The van der Waals surface area contributed by atoms with E-state index >= 15 is 0 Å². The van der Waals surface area contributed by atoms with Crippen LogP contribution in [-0.4, -0.2) is 46.5 Å². The van der Waals surface area contributed by atoms with Crippen LogP contribution >= 0.6 is 0 Å². The minimum absolute atomic E-state index is 0.0412. The van der Waals surface area contributed by atoms with E-state index in [4.69, 9.17) is 0 Å². The van der Waals surface area contributed by atoms with Crippen molar-refractivity contribution in [2.75, 3.05) is 26.2 Å². The van der Waals surface area contributed by atoms with E-state index in [1.807, 2.05) is 0 Å². The lowest BCUT2D eigenvalue weighted by Crippen LogP contribution is -2.40. The van der Waals surface area contributed by atoms with Gasteiger partial charge in [0.2, 0.25) is 5.91 Å². The summed E-state index contributed by atoms with van der Waals surface area (Å²) in [5.41, 5.74) is -0.0412. The van der Waals surface area contributed by atoms with Crippen LogP contribution in [-0.2, 0) is 11.3 Å². The quantitative estimate of drug-likeness (QED) is 0.789. The summed E-state index contributed by atoms with van der Waals surface area (Å²) >= 11 is 0. The van der Waals surface area contributed by atoms with Crippen molar-refractivity contribution in [2.24, 2.45) is 5.92 Å². The Bertz CT molecular complexity index is 457. The zero-order chi connectivity index (χ0) is 13.7. The van der Waals surface area contributed by atoms with Gasteiger partial charge in [0, 0.05) is 39.0 Å². The Morgan fingerprint density at radius 3 is 2.74 bits per heavy atom. The van der Waals surface area contributed by atoms with Crippen LogP contribution in [0.2, 0.25) is 0 Å². The van der Waals surface area contributed by atoms with Crippen LogP contribution in [0.3, 0.4) is 0 Å². The number of imidazole rings is 1. The van der Waals surface area contributed by atoms with E-state index in [2.05, 4.69) is 15.2 Å². The van der Waals surface area contributed by atoms with Gasteiger partial charge in [0.05, 0.1) is 0 Å². The molecule has 6 nitrogen and oxygen atoms in total. The average Bonchev–Trinajstić information content (AvgIpc) is 2.81. The topological polar surface area (TPSA) is 70.1 Å².